The molecule has 0 aliphatic heterocycles. The molecular formula is C12H17F2NO. The second kappa shape index (κ2) is 5.92. The van der Waals surface area contributed by atoms with Crippen LogP contribution in [-0.4, -0.2) is 26.3 Å². The van der Waals surface area contributed by atoms with Gasteiger partial charge in [0.15, 0.2) is 11.6 Å². The minimum absolute atomic E-state index is 0.0405. The fourth-order valence-electron chi connectivity index (χ4n) is 1.61. The standard InChI is InChI=1S/C12H17F2NO/c1-8(16-3)11(15-2)7-9-5-4-6-10(13)12(9)14/h4-6,8,11,15H,7H2,1-3H3. The topological polar surface area (TPSA) is 21.3 Å². The monoisotopic (exact) mass is 229 g/mol. The molecule has 2 unspecified atom stereocenters. The summed E-state index contributed by atoms with van der Waals surface area (Å²) in [5.74, 6) is -1.58. The molecule has 4 heteroatoms. The highest BCUT2D eigenvalue weighted by atomic mass is 19.2. The zero-order valence-corrected chi connectivity index (χ0v) is 9.76. The van der Waals surface area contributed by atoms with E-state index in [1.165, 1.54) is 6.07 Å². The maximum absolute atomic E-state index is 13.4. The van der Waals surface area contributed by atoms with Gasteiger partial charge < -0.3 is 10.1 Å². The molecule has 0 aromatic heterocycles. The number of methoxy groups -OCH3 is 1. The largest absolute Gasteiger partial charge is 0.380 e. The van der Waals surface area contributed by atoms with Crippen LogP contribution in [0.25, 0.3) is 0 Å². The Bertz CT molecular complexity index is 344. The van der Waals surface area contributed by atoms with Gasteiger partial charge in [0.05, 0.1) is 6.10 Å². The van der Waals surface area contributed by atoms with Crippen LogP contribution in [0.2, 0.25) is 0 Å². The van der Waals surface area contributed by atoms with Crippen LogP contribution >= 0.6 is 0 Å². The Morgan fingerprint density at radius 1 is 1.38 bits per heavy atom. The predicted molar refractivity (Wildman–Crippen MR) is 59.4 cm³/mol. The van der Waals surface area contributed by atoms with Crippen molar-refractivity contribution in [3.63, 3.8) is 0 Å². The molecule has 0 fully saturated rings. The second-order valence-corrected chi connectivity index (χ2v) is 3.75. The molecule has 2 atom stereocenters. The van der Waals surface area contributed by atoms with Crippen LogP contribution in [0.3, 0.4) is 0 Å². The lowest BCUT2D eigenvalue weighted by Crippen LogP contribution is -2.39. The highest BCUT2D eigenvalue weighted by Gasteiger charge is 2.18. The van der Waals surface area contributed by atoms with Gasteiger partial charge in [-0.05, 0) is 32.0 Å². The normalized spacial score (nSPS) is 14.8. The molecule has 0 aliphatic rings. The number of hydrogen-bond donors (Lipinski definition) is 1. The molecule has 1 rings (SSSR count). The zero-order chi connectivity index (χ0) is 12.1. The van der Waals surface area contributed by atoms with E-state index in [0.717, 1.165) is 6.07 Å². The van der Waals surface area contributed by atoms with Gasteiger partial charge in [-0.25, -0.2) is 8.78 Å². The number of hydrogen-bond acceptors (Lipinski definition) is 2. The number of likely N-dealkylation sites (N-methyl/N-ethyl adjacent to an activating group) is 1. The van der Waals surface area contributed by atoms with Gasteiger partial charge in [0.2, 0.25) is 0 Å². The summed E-state index contributed by atoms with van der Waals surface area (Å²) in [4.78, 5) is 0. The van der Waals surface area contributed by atoms with Crippen molar-refractivity contribution < 1.29 is 13.5 Å². The van der Waals surface area contributed by atoms with Crippen molar-refractivity contribution in [2.75, 3.05) is 14.2 Å². The maximum Gasteiger partial charge on any atom is 0.162 e. The van der Waals surface area contributed by atoms with E-state index in [0.29, 0.717) is 12.0 Å². The Kier molecular flexibility index (Phi) is 4.83. The molecule has 1 aromatic rings. The summed E-state index contributed by atoms with van der Waals surface area (Å²) in [6.45, 7) is 1.89. The van der Waals surface area contributed by atoms with Crippen molar-refractivity contribution in [2.24, 2.45) is 0 Å². The Balaban J connectivity index is 2.82. The number of benzene rings is 1. The zero-order valence-electron chi connectivity index (χ0n) is 9.76. The fraction of sp³-hybridized carbons (Fsp3) is 0.500. The molecule has 0 radical (unpaired) electrons. The Hall–Kier alpha value is -1.00. The van der Waals surface area contributed by atoms with E-state index in [1.54, 1.807) is 20.2 Å². The molecule has 90 valence electrons. The van der Waals surface area contributed by atoms with Crippen LogP contribution in [0.5, 0.6) is 0 Å². The Morgan fingerprint density at radius 3 is 2.62 bits per heavy atom. The lowest BCUT2D eigenvalue weighted by atomic mass is 10.0. The summed E-state index contributed by atoms with van der Waals surface area (Å²) in [5, 5.41) is 3.03. The van der Waals surface area contributed by atoms with Gasteiger partial charge >= 0.3 is 0 Å². The molecule has 0 saturated carbocycles. The average Bonchev–Trinajstić information content (AvgIpc) is 2.30. The van der Waals surface area contributed by atoms with Gasteiger partial charge in [-0.1, -0.05) is 12.1 Å². The van der Waals surface area contributed by atoms with E-state index >= 15 is 0 Å². The van der Waals surface area contributed by atoms with Crippen molar-refractivity contribution in [2.45, 2.75) is 25.5 Å². The number of nitrogens with one attached hydrogen (secondary N) is 1. The SMILES string of the molecule is CNC(Cc1cccc(F)c1F)C(C)OC. The summed E-state index contributed by atoms with van der Waals surface area (Å²) >= 11 is 0. The lowest BCUT2D eigenvalue weighted by Gasteiger charge is -2.22. The highest BCUT2D eigenvalue weighted by Crippen LogP contribution is 2.14. The van der Waals surface area contributed by atoms with Crippen molar-refractivity contribution in [1.82, 2.24) is 5.32 Å². The molecule has 0 aliphatic carbocycles. The van der Waals surface area contributed by atoms with Crippen LogP contribution < -0.4 is 5.32 Å². The minimum atomic E-state index is -0.808. The first-order valence-corrected chi connectivity index (χ1v) is 5.23. The van der Waals surface area contributed by atoms with Crippen LogP contribution in [0, 0.1) is 11.6 Å². The molecule has 0 spiro atoms. The molecule has 0 heterocycles. The quantitative estimate of drug-likeness (QED) is 0.835. The van der Waals surface area contributed by atoms with E-state index in [9.17, 15) is 8.78 Å². The molecule has 0 amide bonds. The first-order valence-electron chi connectivity index (χ1n) is 5.23. The highest BCUT2D eigenvalue weighted by molar-refractivity contribution is 5.20. The van der Waals surface area contributed by atoms with Crippen molar-refractivity contribution >= 4 is 0 Å². The van der Waals surface area contributed by atoms with E-state index in [2.05, 4.69) is 5.32 Å². The molecule has 2 nitrogen and oxygen atoms in total. The number of rotatable bonds is 5. The Labute approximate surface area is 94.6 Å². The minimum Gasteiger partial charge on any atom is -0.380 e. The predicted octanol–water partition coefficient (Wildman–Crippen LogP) is 2.13. The molecule has 0 bridgehead atoms. The smallest absolute Gasteiger partial charge is 0.162 e. The summed E-state index contributed by atoms with van der Waals surface area (Å²) in [7, 11) is 3.37. The van der Waals surface area contributed by atoms with E-state index < -0.39 is 11.6 Å². The van der Waals surface area contributed by atoms with Gasteiger partial charge in [0, 0.05) is 13.2 Å². The van der Waals surface area contributed by atoms with Crippen LogP contribution in [0.1, 0.15) is 12.5 Å². The molecule has 16 heavy (non-hydrogen) atoms. The molecule has 0 saturated heterocycles. The van der Waals surface area contributed by atoms with Crippen molar-refractivity contribution in [3.8, 4) is 0 Å². The van der Waals surface area contributed by atoms with Gasteiger partial charge in [-0.15, -0.1) is 0 Å². The lowest BCUT2D eigenvalue weighted by molar-refractivity contribution is 0.0854. The van der Waals surface area contributed by atoms with E-state index in [1.807, 2.05) is 6.92 Å². The summed E-state index contributed by atoms with van der Waals surface area (Å²) in [6.07, 6.45) is 0.336. The Morgan fingerprint density at radius 2 is 2.06 bits per heavy atom. The van der Waals surface area contributed by atoms with Gasteiger partial charge in [0.25, 0.3) is 0 Å². The van der Waals surface area contributed by atoms with Gasteiger partial charge in [-0.3, -0.25) is 0 Å². The fourth-order valence-corrected chi connectivity index (χ4v) is 1.61. The van der Waals surface area contributed by atoms with Crippen molar-refractivity contribution in [3.05, 3.63) is 35.4 Å². The third-order valence-electron chi connectivity index (χ3n) is 2.78. The first kappa shape index (κ1) is 13.1. The number of halogens is 2. The molecule has 1 N–H and O–H groups in total. The maximum atomic E-state index is 13.4. The van der Waals surface area contributed by atoms with E-state index in [4.69, 9.17) is 4.74 Å². The van der Waals surface area contributed by atoms with Crippen LogP contribution in [0.15, 0.2) is 18.2 Å². The average molecular weight is 229 g/mol. The van der Waals surface area contributed by atoms with Gasteiger partial charge in [0.1, 0.15) is 0 Å². The first-order chi connectivity index (χ1) is 7.60. The summed E-state index contributed by atoms with van der Waals surface area (Å²) < 4.78 is 31.6. The van der Waals surface area contributed by atoms with Crippen molar-refractivity contribution in [1.29, 1.82) is 0 Å². The van der Waals surface area contributed by atoms with Crippen LogP contribution in [-0.2, 0) is 11.2 Å². The summed E-state index contributed by atoms with van der Waals surface area (Å²) in [6, 6.07) is 4.18. The van der Waals surface area contributed by atoms with Gasteiger partial charge in [-0.2, -0.15) is 0 Å². The third kappa shape index (κ3) is 3.00. The van der Waals surface area contributed by atoms with Crippen LogP contribution in [0.4, 0.5) is 8.78 Å². The third-order valence-corrected chi connectivity index (χ3v) is 2.78. The number of ether oxygens (including phenoxy) is 1. The second-order valence-electron chi connectivity index (χ2n) is 3.75. The summed E-state index contributed by atoms with van der Waals surface area (Å²) in [5.41, 5.74) is 0.364. The van der Waals surface area contributed by atoms with E-state index in [-0.39, 0.29) is 12.1 Å². The molecule has 1 aromatic carbocycles. The molecular weight excluding hydrogens is 212 g/mol.